The van der Waals surface area contributed by atoms with Gasteiger partial charge in [0.15, 0.2) is 0 Å². The topological polar surface area (TPSA) is 71.0 Å². The molecule has 0 unspecified atom stereocenters. The number of carbonyl (C=O) groups excluding carboxylic acids is 1. The quantitative estimate of drug-likeness (QED) is 0.743. The van der Waals surface area contributed by atoms with Crippen molar-refractivity contribution in [3.8, 4) is 0 Å². The molecular formula is C19H29N5O3. The van der Waals surface area contributed by atoms with Gasteiger partial charge in [0.05, 0.1) is 25.8 Å². The summed E-state index contributed by atoms with van der Waals surface area (Å²) in [7, 11) is 0. The molecule has 0 saturated carbocycles. The summed E-state index contributed by atoms with van der Waals surface area (Å²) in [6.07, 6.45) is 4.21. The first-order valence-electron chi connectivity index (χ1n) is 9.95. The van der Waals surface area contributed by atoms with E-state index in [2.05, 4.69) is 33.6 Å². The Hall–Kier alpha value is -1.93. The average molecular weight is 375 g/mol. The maximum atomic E-state index is 12.3. The minimum atomic E-state index is -0.168. The number of anilines is 1. The third-order valence-corrected chi connectivity index (χ3v) is 5.74. The molecule has 148 valence electrons. The fourth-order valence-electron chi connectivity index (χ4n) is 4.23. The van der Waals surface area contributed by atoms with Gasteiger partial charge < -0.3 is 14.4 Å². The van der Waals surface area contributed by atoms with Crippen LogP contribution in [0.2, 0.25) is 0 Å². The van der Waals surface area contributed by atoms with Crippen molar-refractivity contribution in [1.29, 1.82) is 0 Å². The van der Waals surface area contributed by atoms with Crippen molar-refractivity contribution < 1.29 is 14.3 Å². The molecule has 3 aliphatic heterocycles. The van der Waals surface area contributed by atoms with Crippen molar-refractivity contribution in [2.75, 3.05) is 57.4 Å². The van der Waals surface area contributed by atoms with Gasteiger partial charge in [0.25, 0.3) is 0 Å². The van der Waals surface area contributed by atoms with Gasteiger partial charge in [0.1, 0.15) is 18.2 Å². The molecule has 0 spiro atoms. The molecule has 3 fully saturated rings. The number of hydrogen-bond acceptors (Lipinski definition) is 7. The van der Waals surface area contributed by atoms with E-state index < -0.39 is 0 Å². The number of amides is 1. The first-order valence-corrected chi connectivity index (χ1v) is 9.95. The number of ether oxygens (including phenoxy) is 2. The molecule has 1 aromatic rings. The zero-order valence-electron chi connectivity index (χ0n) is 16.2. The van der Waals surface area contributed by atoms with Crippen LogP contribution >= 0.6 is 0 Å². The largest absolute Gasteiger partial charge is 0.442 e. The summed E-state index contributed by atoms with van der Waals surface area (Å²) >= 11 is 0. The van der Waals surface area contributed by atoms with E-state index in [1.54, 1.807) is 6.33 Å². The minimum absolute atomic E-state index is 0.0733. The summed E-state index contributed by atoms with van der Waals surface area (Å²) in [5.41, 5.74) is 1.14. The van der Waals surface area contributed by atoms with Crippen molar-refractivity contribution >= 4 is 11.9 Å². The Labute approximate surface area is 160 Å². The highest BCUT2D eigenvalue weighted by atomic mass is 16.6. The first-order chi connectivity index (χ1) is 13.1. The standard InChI is InChI=1S/C19H29N5O3/c1-14(2)15-10-20-13-21-18(15)23-11-16-17(12-23)27-19(25)24(16)5-3-4-22-6-8-26-9-7-22/h10,13-14,16-17H,3-9,11-12H2,1-2H3/t16-,17+/m0/s1. The molecule has 1 aromatic heterocycles. The minimum Gasteiger partial charge on any atom is -0.442 e. The predicted molar refractivity (Wildman–Crippen MR) is 101 cm³/mol. The van der Waals surface area contributed by atoms with Gasteiger partial charge in [0, 0.05) is 44.5 Å². The lowest BCUT2D eigenvalue weighted by Gasteiger charge is -2.28. The van der Waals surface area contributed by atoms with Gasteiger partial charge in [-0.3, -0.25) is 9.80 Å². The monoisotopic (exact) mass is 375 g/mol. The number of hydrogen-bond donors (Lipinski definition) is 0. The predicted octanol–water partition coefficient (Wildman–Crippen LogP) is 1.33. The Bertz CT molecular complexity index is 665. The van der Waals surface area contributed by atoms with E-state index in [0.29, 0.717) is 12.5 Å². The number of carbonyl (C=O) groups is 1. The highest BCUT2D eigenvalue weighted by Crippen LogP contribution is 2.32. The number of fused-ring (bicyclic) bond motifs is 1. The zero-order valence-corrected chi connectivity index (χ0v) is 16.2. The van der Waals surface area contributed by atoms with Crippen molar-refractivity contribution in [3.63, 3.8) is 0 Å². The van der Waals surface area contributed by atoms with Gasteiger partial charge in [-0.15, -0.1) is 0 Å². The van der Waals surface area contributed by atoms with Crippen LogP contribution in [0.5, 0.6) is 0 Å². The number of rotatable bonds is 6. The lowest BCUT2D eigenvalue weighted by atomic mass is 10.1. The summed E-state index contributed by atoms with van der Waals surface area (Å²) in [6.45, 7) is 11.1. The second-order valence-electron chi connectivity index (χ2n) is 7.85. The van der Waals surface area contributed by atoms with Crippen LogP contribution in [0.1, 0.15) is 31.7 Å². The van der Waals surface area contributed by atoms with E-state index in [4.69, 9.17) is 9.47 Å². The maximum Gasteiger partial charge on any atom is 0.410 e. The van der Waals surface area contributed by atoms with Crippen LogP contribution < -0.4 is 4.90 Å². The Morgan fingerprint density at radius 3 is 2.81 bits per heavy atom. The van der Waals surface area contributed by atoms with Crippen LogP contribution in [0, 0.1) is 0 Å². The normalized spacial score (nSPS) is 26.0. The van der Waals surface area contributed by atoms with E-state index in [9.17, 15) is 4.79 Å². The van der Waals surface area contributed by atoms with Gasteiger partial charge in [-0.1, -0.05) is 13.8 Å². The summed E-state index contributed by atoms with van der Waals surface area (Å²) in [4.78, 5) is 27.6. The molecule has 4 heterocycles. The fourth-order valence-corrected chi connectivity index (χ4v) is 4.23. The first kappa shape index (κ1) is 18.4. The van der Waals surface area contributed by atoms with Crippen LogP contribution in [0.4, 0.5) is 10.6 Å². The fraction of sp³-hybridized carbons (Fsp3) is 0.737. The highest BCUT2D eigenvalue weighted by Gasteiger charge is 2.48. The highest BCUT2D eigenvalue weighted by molar-refractivity contribution is 5.71. The molecule has 0 bridgehead atoms. The maximum absolute atomic E-state index is 12.3. The molecule has 27 heavy (non-hydrogen) atoms. The molecule has 1 amide bonds. The average Bonchev–Trinajstić information content (AvgIpc) is 3.21. The molecule has 8 nitrogen and oxygen atoms in total. The molecule has 2 atom stereocenters. The van der Waals surface area contributed by atoms with Crippen molar-refractivity contribution in [1.82, 2.24) is 19.8 Å². The Kier molecular flexibility index (Phi) is 5.45. The molecule has 3 saturated heterocycles. The Balaban J connectivity index is 1.37. The third-order valence-electron chi connectivity index (χ3n) is 5.74. The molecule has 4 rings (SSSR count). The van der Waals surface area contributed by atoms with Gasteiger partial charge in [-0.2, -0.15) is 0 Å². The van der Waals surface area contributed by atoms with Gasteiger partial charge in [-0.05, 0) is 12.3 Å². The van der Waals surface area contributed by atoms with Crippen LogP contribution in [0.15, 0.2) is 12.5 Å². The zero-order chi connectivity index (χ0) is 18.8. The van der Waals surface area contributed by atoms with Gasteiger partial charge in [0.2, 0.25) is 0 Å². The summed E-state index contributed by atoms with van der Waals surface area (Å²) in [6, 6.07) is 0.108. The molecule has 0 aromatic carbocycles. The van der Waals surface area contributed by atoms with E-state index >= 15 is 0 Å². The van der Waals surface area contributed by atoms with E-state index in [-0.39, 0.29) is 18.2 Å². The van der Waals surface area contributed by atoms with Crippen LogP contribution in [-0.4, -0.2) is 90.5 Å². The van der Waals surface area contributed by atoms with Crippen LogP contribution in [0.25, 0.3) is 0 Å². The molecular weight excluding hydrogens is 346 g/mol. The molecule has 0 aliphatic carbocycles. The number of morpholine rings is 1. The summed E-state index contributed by atoms with van der Waals surface area (Å²) < 4.78 is 11.1. The summed E-state index contributed by atoms with van der Waals surface area (Å²) in [5, 5.41) is 0. The van der Waals surface area contributed by atoms with Crippen LogP contribution in [-0.2, 0) is 9.47 Å². The van der Waals surface area contributed by atoms with Crippen molar-refractivity contribution in [2.45, 2.75) is 38.3 Å². The second-order valence-corrected chi connectivity index (χ2v) is 7.85. The molecule has 0 radical (unpaired) electrons. The number of nitrogens with zero attached hydrogens (tertiary/aromatic N) is 5. The lowest BCUT2D eigenvalue weighted by molar-refractivity contribution is 0.0363. The van der Waals surface area contributed by atoms with Gasteiger partial charge in [-0.25, -0.2) is 14.8 Å². The van der Waals surface area contributed by atoms with E-state index in [1.807, 2.05) is 11.1 Å². The Morgan fingerprint density at radius 2 is 2.04 bits per heavy atom. The lowest BCUT2D eigenvalue weighted by Crippen LogP contribution is -2.41. The summed E-state index contributed by atoms with van der Waals surface area (Å²) in [5.74, 6) is 1.33. The van der Waals surface area contributed by atoms with Crippen LogP contribution in [0.3, 0.4) is 0 Å². The smallest absolute Gasteiger partial charge is 0.410 e. The van der Waals surface area contributed by atoms with Crippen molar-refractivity contribution in [2.24, 2.45) is 0 Å². The van der Waals surface area contributed by atoms with E-state index in [1.165, 1.54) is 0 Å². The molecule has 3 aliphatic rings. The van der Waals surface area contributed by atoms with Crippen molar-refractivity contribution in [3.05, 3.63) is 18.1 Å². The van der Waals surface area contributed by atoms with E-state index in [0.717, 1.165) is 63.7 Å². The second kappa shape index (κ2) is 7.98. The third kappa shape index (κ3) is 3.87. The van der Waals surface area contributed by atoms with Gasteiger partial charge >= 0.3 is 6.09 Å². The molecule has 8 heteroatoms. The SMILES string of the molecule is CC(C)c1cncnc1N1C[C@H]2OC(=O)N(CCCN3CCOCC3)[C@H]2C1. The Morgan fingerprint density at radius 1 is 1.22 bits per heavy atom. The molecule has 0 N–H and O–H groups in total. The number of aromatic nitrogens is 2.